The maximum absolute atomic E-state index is 12.8. The first-order chi connectivity index (χ1) is 13.4. The highest BCUT2D eigenvalue weighted by Crippen LogP contribution is 2.31. The van der Waals surface area contributed by atoms with Crippen molar-refractivity contribution < 1.29 is 23.9 Å². The number of fused-ring (bicyclic) bond motifs is 1. The molecule has 0 aromatic heterocycles. The van der Waals surface area contributed by atoms with E-state index in [0.717, 1.165) is 38.5 Å². The second kappa shape index (κ2) is 8.54. The minimum Gasteiger partial charge on any atom is -0.452 e. The van der Waals surface area contributed by atoms with Crippen molar-refractivity contribution in [2.24, 2.45) is 0 Å². The maximum Gasteiger partial charge on any atom is 0.338 e. The summed E-state index contributed by atoms with van der Waals surface area (Å²) in [7, 11) is 0. The first-order valence-corrected chi connectivity index (χ1v) is 9.90. The van der Waals surface area contributed by atoms with Crippen LogP contribution in [-0.2, 0) is 9.53 Å². The van der Waals surface area contributed by atoms with Crippen molar-refractivity contribution in [1.82, 2.24) is 10.2 Å². The van der Waals surface area contributed by atoms with E-state index in [9.17, 15) is 19.2 Å². The number of esters is 1. The van der Waals surface area contributed by atoms with E-state index in [1.54, 1.807) is 0 Å². The molecule has 150 valence electrons. The number of benzene rings is 1. The Bertz CT molecular complexity index is 798. The van der Waals surface area contributed by atoms with Crippen molar-refractivity contribution >= 4 is 23.7 Å². The molecule has 1 fully saturated rings. The molecular formula is C21H26N2O5. The molecule has 1 heterocycles. The van der Waals surface area contributed by atoms with Crippen LogP contribution in [0.3, 0.4) is 0 Å². The maximum atomic E-state index is 12.8. The van der Waals surface area contributed by atoms with Crippen molar-refractivity contribution in [3.63, 3.8) is 0 Å². The molecule has 1 aliphatic carbocycles. The fraction of sp³-hybridized carbons (Fsp3) is 0.524. The number of carbonyl (C=O) groups excluding carboxylic acids is 4. The standard InChI is InChI=1S/C21H26N2O5/c1-3-13(2)22-18(24)12-28-21(27)14-9-10-16-17(11-14)20(26)23(19(16)25)15-7-5-4-6-8-15/h9-11,13,15H,3-8,12H2,1-2H3,(H,22,24)/t13-/m1/s1. The molecule has 1 saturated carbocycles. The van der Waals surface area contributed by atoms with Gasteiger partial charge < -0.3 is 10.1 Å². The summed E-state index contributed by atoms with van der Waals surface area (Å²) in [6, 6.07) is 4.28. The summed E-state index contributed by atoms with van der Waals surface area (Å²) in [5, 5.41) is 2.71. The van der Waals surface area contributed by atoms with Crippen LogP contribution in [0, 0.1) is 0 Å². The lowest BCUT2D eigenvalue weighted by molar-refractivity contribution is -0.124. The molecule has 1 aromatic rings. The molecule has 0 bridgehead atoms. The number of hydrogen-bond acceptors (Lipinski definition) is 5. The summed E-state index contributed by atoms with van der Waals surface area (Å²) in [6.07, 6.45) is 5.57. The zero-order chi connectivity index (χ0) is 20.3. The van der Waals surface area contributed by atoms with Gasteiger partial charge in [-0.2, -0.15) is 0 Å². The van der Waals surface area contributed by atoms with E-state index in [1.165, 1.54) is 23.1 Å². The topological polar surface area (TPSA) is 92.8 Å². The van der Waals surface area contributed by atoms with Gasteiger partial charge in [-0.3, -0.25) is 19.3 Å². The van der Waals surface area contributed by atoms with Crippen molar-refractivity contribution in [1.29, 1.82) is 0 Å². The molecular weight excluding hydrogens is 360 g/mol. The van der Waals surface area contributed by atoms with Gasteiger partial charge in [-0.15, -0.1) is 0 Å². The molecule has 0 unspecified atom stereocenters. The first-order valence-electron chi connectivity index (χ1n) is 9.90. The molecule has 0 saturated heterocycles. The smallest absolute Gasteiger partial charge is 0.338 e. The average Bonchev–Trinajstić information content (AvgIpc) is 2.96. The van der Waals surface area contributed by atoms with E-state index in [1.807, 2.05) is 13.8 Å². The van der Waals surface area contributed by atoms with Gasteiger partial charge >= 0.3 is 5.97 Å². The van der Waals surface area contributed by atoms with Crippen molar-refractivity contribution in [2.75, 3.05) is 6.61 Å². The Hall–Kier alpha value is -2.70. The normalized spacial score (nSPS) is 18.0. The third kappa shape index (κ3) is 4.08. The van der Waals surface area contributed by atoms with Gasteiger partial charge in [-0.1, -0.05) is 26.2 Å². The van der Waals surface area contributed by atoms with Gasteiger partial charge in [0.1, 0.15) is 0 Å². The van der Waals surface area contributed by atoms with Gasteiger partial charge in [0.2, 0.25) is 0 Å². The summed E-state index contributed by atoms with van der Waals surface area (Å²) >= 11 is 0. The van der Waals surface area contributed by atoms with Crippen LogP contribution in [0.15, 0.2) is 18.2 Å². The van der Waals surface area contributed by atoms with Crippen molar-refractivity contribution in [3.05, 3.63) is 34.9 Å². The van der Waals surface area contributed by atoms with Gasteiger partial charge in [0.05, 0.1) is 16.7 Å². The van der Waals surface area contributed by atoms with Crippen LogP contribution in [0.4, 0.5) is 0 Å². The van der Waals surface area contributed by atoms with Crippen LogP contribution in [0.5, 0.6) is 0 Å². The molecule has 3 amide bonds. The molecule has 1 N–H and O–H groups in total. The van der Waals surface area contributed by atoms with Crippen LogP contribution < -0.4 is 5.32 Å². The Morgan fingerprint density at radius 3 is 2.50 bits per heavy atom. The molecule has 1 aliphatic heterocycles. The van der Waals surface area contributed by atoms with Crippen molar-refractivity contribution in [2.45, 2.75) is 64.5 Å². The van der Waals surface area contributed by atoms with Crippen LogP contribution >= 0.6 is 0 Å². The largest absolute Gasteiger partial charge is 0.452 e. The number of nitrogens with one attached hydrogen (secondary N) is 1. The highest BCUT2D eigenvalue weighted by atomic mass is 16.5. The molecule has 28 heavy (non-hydrogen) atoms. The Balaban J connectivity index is 1.68. The zero-order valence-electron chi connectivity index (χ0n) is 16.3. The number of nitrogens with zero attached hydrogens (tertiary/aromatic N) is 1. The summed E-state index contributed by atoms with van der Waals surface area (Å²) in [5.41, 5.74) is 0.706. The second-order valence-corrected chi connectivity index (χ2v) is 7.49. The summed E-state index contributed by atoms with van der Waals surface area (Å²) < 4.78 is 5.04. The molecule has 0 radical (unpaired) electrons. The molecule has 0 spiro atoms. The lowest BCUT2D eigenvalue weighted by Crippen LogP contribution is -2.40. The number of imide groups is 1. The zero-order valence-corrected chi connectivity index (χ0v) is 16.3. The SMILES string of the molecule is CC[C@@H](C)NC(=O)COC(=O)c1ccc2c(c1)C(=O)N(C1CCCCC1)C2=O. The van der Waals surface area contributed by atoms with E-state index < -0.39 is 5.97 Å². The third-order valence-electron chi connectivity index (χ3n) is 5.45. The van der Waals surface area contributed by atoms with Gasteiger partial charge in [0.15, 0.2) is 6.61 Å². The molecule has 3 rings (SSSR count). The fourth-order valence-corrected chi connectivity index (χ4v) is 3.69. The molecule has 1 atom stereocenters. The predicted molar refractivity (Wildman–Crippen MR) is 102 cm³/mol. The Morgan fingerprint density at radius 1 is 1.14 bits per heavy atom. The monoisotopic (exact) mass is 386 g/mol. The van der Waals surface area contributed by atoms with Crippen LogP contribution in [0.2, 0.25) is 0 Å². The highest BCUT2D eigenvalue weighted by Gasteiger charge is 2.40. The molecule has 2 aliphatic rings. The van der Waals surface area contributed by atoms with Gasteiger partial charge in [-0.25, -0.2) is 4.79 Å². The quantitative estimate of drug-likeness (QED) is 0.599. The van der Waals surface area contributed by atoms with Gasteiger partial charge in [0, 0.05) is 12.1 Å². The third-order valence-corrected chi connectivity index (χ3v) is 5.45. The van der Waals surface area contributed by atoms with Crippen molar-refractivity contribution in [3.8, 4) is 0 Å². The van der Waals surface area contributed by atoms with E-state index >= 15 is 0 Å². The lowest BCUT2D eigenvalue weighted by atomic mass is 9.94. The van der Waals surface area contributed by atoms with E-state index in [2.05, 4.69) is 5.32 Å². The molecule has 7 nitrogen and oxygen atoms in total. The van der Waals surface area contributed by atoms with E-state index in [4.69, 9.17) is 4.74 Å². The lowest BCUT2D eigenvalue weighted by Gasteiger charge is -2.29. The number of carbonyl (C=O) groups is 4. The minimum atomic E-state index is -0.696. The Labute approximate surface area is 164 Å². The Morgan fingerprint density at radius 2 is 1.82 bits per heavy atom. The van der Waals surface area contributed by atoms with Gasteiger partial charge in [0.25, 0.3) is 17.7 Å². The molecule has 1 aromatic carbocycles. The summed E-state index contributed by atoms with van der Waals surface area (Å²) in [4.78, 5) is 50.8. The molecule has 7 heteroatoms. The van der Waals surface area contributed by atoms with Crippen LogP contribution in [0.25, 0.3) is 0 Å². The number of hydrogen-bond donors (Lipinski definition) is 1. The number of amides is 3. The number of ether oxygens (including phenoxy) is 1. The first kappa shape index (κ1) is 20.0. The highest BCUT2D eigenvalue weighted by molar-refractivity contribution is 6.22. The summed E-state index contributed by atoms with van der Waals surface area (Å²) in [6.45, 7) is 3.42. The summed E-state index contributed by atoms with van der Waals surface area (Å²) in [5.74, 6) is -1.71. The van der Waals surface area contributed by atoms with Gasteiger partial charge in [-0.05, 0) is 44.4 Å². The van der Waals surface area contributed by atoms with E-state index in [0.29, 0.717) is 5.56 Å². The van der Waals surface area contributed by atoms with Crippen LogP contribution in [0.1, 0.15) is 83.4 Å². The predicted octanol–water partition coefficient (Wildman–Crippen LogP) is 2.69. The average molecular weight is 386 g/mol. The minimum absolute atomic E-state index is 0.000556. The number of rotatable bonds is 6. The fourth-order valence-electron chi connectivity index (χ4n) is 3.69. The van der Waals surface area contributed by atoms with E-state index in [-0.39, 0.29) is 47.5 Å². The Kier molecular flexibility index (Phi) is 6.11. The second-order valence-electron chi connectivity index (χ2n) is 7.49. The van der Waals surface area contributed by atoms with Crippen LogP contribution in [-0.4, -0.2) is 47.3 Å².